The molecule has 4 aromatic carbocycles. The molecule has 0 fully saturated rings. The number of halogens is 4. The van der Waals surface area contributed by atoms with Crippen LogP contribution in [0.25, 0.3) is 11.1 Å². The molecule has 42 heavy (non-hydrogen) atoms. The van der Waals surface area contributed by atoms with Crippen molar-refractivity contribution in [2.45, 2.75) is 20.0 Å². The summed E-state index contributed by atoms with van der Waals surface area (Å²) < 4.78 is 59.7. The fourth-order valence-electron chi connectivity index (χ4n) is 4.65. The number of nitrogens with one attached hydrogen (secondary N) is 1. The molecule has 8 nitrogen and oxygen atoms in total. The largest absolute Gasteiger partial charge is 0.511 e. The van der Waals surface area contributed by atoms with E-state index < -0.39 is 29.6 Å². The summed E-state index contributed by atoms with van der Waals surface area (Å²) in [6.45, 7) is 2.96. The normalized spacial score (nSPS) is 13.8. The Morgan fingerprint density at radius 1 is 0.952 bits per heavy atom. The van der Waals surface area contributed by atoms with Gasteiger partial charge in [0, 0.05) is 11.1 Å². The summed E-state index contributed by atoms with van der Waals surface area (Å²) in [5.41, 5.74) is 2.72. The number of carboxylic acid groups (broad SMARTS) is 1. The van der Waals surface area contributed by atoms with E-state index in [9.17, 15) is 32.3 Å². The molecule has 1 amide bonds. The van der Waals surface area contributed by atoms with Crippen LogP contribution in [-0.4, -0.2) is 28.0 Å². The third-order valence-electron chi connectivity index (χ3n) is 6.58. The first-order chi connectivity index (χ1) is 19.8. The number of anilines is 3. The van der Waals surface area contributed by atoms with Crippen molar-refractivity contribution in [2.75, 3.05) is 10.3 Å². The van der Waals surface area contributed by atoms with Crippen molar-refractivity contribution in [3.63, 3.8) is 0 Å². The number of nitrogens with zero attached hydrogens (tertiary/aromatic N) is 2. The Labute approximate surface area is 236 Å². The van der Waals surface area contributed by atoms with Crippen LogP contribution in [0, 0.1) is 19.7 Å². The first kappa shape index (κ1) is 28.1. The highest BCUT2D eigenvalue weighted by molar-refractivity contribution is 6.55. The molecule has 5 rings (SSSR count). The number of benzene rings is 4. The molecule has 0 spiro atoms. The molecular formula is C30H21F4N3O5. The molecule has 4 aromatic rings. The van der Waals surface area contributed by atoms with Crippen LogP contribution in [0.3, 0.4) is 0 Å². The molecule has 1 aliphatic heterocycles. The molecule has 0 bridgehead atoms. The van der Waals surface area contributed by atoms with E-state index in [0.29, 0.717) is 5.56 Å². The second-order valence-electron chi connectivity index (χ2n) is 9.43. The van der Waals surface area contributed by atoms with Crippen molar-refractivity contribution in [1.82, 2.24) is 0 Å². The molecule has 3 N–H and O–H groups in total. The number of aromatic hydroxyl groups is 1. The SMILES string of the molecule is Cc1cc(N2C(=O)C(=NNc3cccc(-c4cccc(OC(=O)O)c4)c3O)c3ccc(C(F)(F)F)cc32)cc(C)c1F. The zero-order valence-corrected chi connectivity index (χ0v) is 22.0. The summed E-state index contributed by atoms with van der Waals surface area (Å²) in [5, 5.41) is 24.0. The zero-order chi connectivity index (χ0) is 30.3. The van der Waals surface area contributed by atoms with E-state index in [0.717, 1.165) is 23.1 Å². The minimum Gasteiger partial charge on any atom is -0.505 e. The number of para-hydroxylation sites is 1. The van der Waals surface area contributed by atoms with Gasteiger partial charge in [0.2, 0.25) is 0 Å². The van der Waals surface area contributed by atoms with Crippen molar-refractivity contribution < 1.29 is 42.1 Å². The second kappa shape index (κ2) is 10.5. The number of carbonyl (C=O) groups excluding carboxylic acids is 1. The first-order valence-electron chi connectivity index (χ1n) is 12.3. The highest BCUT2D eigenvalue weighted by Gasteiger charge is 2.39. The third kappa shape index (κ3) is 5.21. The van der Waals surface area contributed by atoms with Crippen molar-refractivity contribution in [1.29, 1.82) is 0 Å². The quantitative estimate of drug-likeness (QED) is 0.0748. The maximum Gasteiger partial charge on any atom is 0.511 e. The Bertz CT molecular complexity index is 1760. The minimum absolute atomic E-state index is 0.0238. The van der Waals surface area contributed by atoms with Crippen LogP contribution in [0.15, 0.2) is 77.9 Å². The summed E-state index contributed by atoms with van der Waals surface area (Å²) in [6.07, 6.45) is -6.19. The minimum atomic E-state index is -4.68. The maximum absolute atomic E-state index is 14.3. The number of hydrogen-bond acceptors (Lipinski definition) is 6. The van der Waals surface area contributed by atoms with Crippen LogP contribution < -0.4 is 15.1 Å². The molecule has 1 aliphatic rings. The Balaban J connectivity index is 1.56. The topological polar surface area (TPSA) is 111 Å². The molecule has 0 saturated carbocycles. The van der Waals surface area contributed by atoms with Gasteiger partial charge in [-0.1, -0.05) is 24.3 Å². The Hall–Kier alpha value is -5.39. The molecule has 0 radical (unpaired) electrons. The monoisotopic (exact) mass is 579 g/mol. The summed E-state index contributed by atoms with van der Waals surface area (Å²) >= 11 is 0. The van der Waals surface area contributed by atoms with Crippen molar-refractivity contribution in [3.8, 4) is 22.6 Å². The number of fused-ring (bicyclic) bond motifs is 1. The molecule has 0 aliphatic carbocycles. The molecule has 0 atom stereocenters. The number of carbonyl (C=O) groups is 2. The lowest BCUT2D eigenvalue weighted by atomic mass is 10.0. The van der Waals surface area contributed by atoms with Gasteiger partial charge in [-0.25, -0.2) is 9.18 Å². The lowest BCUT2D eigenvalue weighted by molar-refractivity contribution is -0.137. The van der Waals surface area contributed by atoms with Crippen LogP contribution in [-0.2, 0) is 11.0 Å². The fourth-order valence-corrected chi connectivity index (χ4v) is 4.65. The smallest absolute Gasteiger partial charge is 0.505 e. The molecule has 0 aromatic heterocycles. The summed E-state index contributed by atoms with van der Waals surface area (Å²) in [4.78, 5) is 25.5. The van der Waals surface area contributed by atoms with E-state index in [4.69, 9.17) is 5.11 Å². The standard InChI is InChI=1S/C30H21F4N3O5/c1-15-11-19(12-16(2)25(15)31)37-24-14-18(30(32,33)34)9-10-22(24)26(28(37)39)36-35-23-8-4-7-21(27(23)38)17-5-3-6-20(13-17)42-29(40)41/h3-14,35,38H,1-2H3,(H,40,41). The number of phenolic OH excluding ortho intramolecular Hbond substituents is 1. The van der Waals surface area contributed by atoms with Crippen LogP contribution >= 0.6 is 0 Å². The van der Waals surface area contributed by atoms with Crippen LogP contribution in [0.2, 0.25) is 0 Å². The van der Waals surface area contributed by atoms with Gasteiger partial charge in [0.05, 0.1) is 22.6 Å². The van der Waals surface area contributed by atoms with E-state index in [2.05, 4.69) is 15.3 Å². The van der Waals surface area contributed by atoms with Crippen molar-refractivity contribution >= 4 is 34.8 Å². The van der Waals surface area contributed by atoms with Crippen molar-refractivity contribution in [2.24, 2.45) is 5.10 Å². The summed E-state index contributed by atoms with van der Waals surface area (Å²) in [7, 11) is 0. The van der Waals surface area contributed by atoms with E-state index >= 15 is 0 Å². The average Bonchev–Trinajstić information content (AvgIpc) is 3.20. The number of aryl methyl sites for hydroxylation is 2. The highest BCUT2D eigenvalue weighted by atomic mass is 19.4. The van der Waals surface area contributed by atoms with Crippen LogP contribution in [0.4, 0.5) is 39.4 Å². The van der Waals surface area contributed by atoms with Gasteiger partial charge >= 0.3 is 12.3 Å². The Morgan fingerprint density at radius 2 is 1.64 bits per heavy atom. The molecule has 0 saturated heterocycles. The number of hydrogen-bond donors (Lipinski definition) is 3. The lowest BCUT2D eigenvalue weighted by Gasteiger charge is -2.20. The van der Waals surface area contributed by atoms with Gasteiger partial charge in [0.25, 0.3) is 5.91 Å². The van der Waals surface area contributed by atoms with Crippen molar-refractivity contribution in [3.05, 3.63) is 101 Å². The fraction of sp³-hybridized carbons (Fsp3) is 0.100. The number of amides is 1. The van der Waals surface area contributed by atoms with Gasteiger partial charge < -0.3 is 14.9 Å². The average molecular weight is 580 g/mol. The number of rotatable bonds is 5. The zero-order valence-electron chi connectivity index (χ0n) is 22.0. The van der Waals surface area contributed by atoms with E-state index in [-0.39, 0.29) is 56.5 Å². The number of alkyl halides is 3. The van der Waals surface area contributed by atoms with Crippen LogP contribution in [0.1, 0.15) is 22.3 Å². The second-order valence-corrected chi connectivity index (χ2v) is 9.43. The van der Waals surface area contributed by atoms with Gasteiger partial charge in [0.1, 0.15) is 17.3 Å². The number of hydrazone groups is 1. The lowest BCUT2D eigenvalue weighted by Crippen LogP contribution is -2.26. The Kier molecular flexibility index (Phi) is 7.07. The Morgan fingerprint density at radius 3 is 2.31 bits per heavy atom. The molecular weight excluding hydrogens is 558 g/mol. The predicted octanol–water partition coefficient (Wildman–Crippen LogP) is 7.39. The third-order valence-corrected chi connectivity index (χ3v) is 6.58. The van der Waals surface area contributed by atoms with E-state index in [1.807, 2.05) is 0 Å². The van der Waals surface area contributed by atoms with E-state index in [1.54, 1.807) is 18.2 Å². The number of phenols is 1. The molecule has 1 heterocycles. The first-order valence-corrected chi connectivity index (χ1v) is 12.3. The van der Waals surface area contributed by atoms with E-state index in [1.165, 1.54) is 50.2 Å². The van der Waals surface area contributed by atoms with Gasteiger partial charge in [-0.3, -0.25) is 15.1 Å². The summed E-state index contributed by atoms with van der Waals surface area (Å²) in [6, 6.07) is 16.1. The highest BCUT2D eigenvalue weighted by Crippen LogP contribution is 2.42. The molecule has 214 valence electrons. The molecule has 12 heteroatoms. The summed E-state index contributed by atoms with van der Waals surface area (Å²) in [5.74, 6) is -1.54. The number of ether oxygens (including phenoxy) is 1. The van der Waals surface area contributed by atoms with Gasteiger partial charge in [-0.2, -0.15) is 18.3 Å². The molecule has 0 unspecified atom stereocenters. The predicted molar refractivity (Wildman–Crippen MR) is 147 cm³/mol. The van der Waals surface area contributed by atoms with Gasteiger partial charge in [-0.05, 0) is 79.1 Å². The van der Waals surface area contributed by atoms with Gasteiger partial charge in [-0.15, -0.1) is 0 Å². The maximum atomic E-state index is 14.3. The van der Waals surface area contributed by atoms with Crippen LogP contribution in [0.5, 0.6) is 11.5 Å². The van der Waals surface area contributed by atoms with Gasteiger partial charge in [0.15, 0.2) is 5.71 Å².